The van der Waals surface area contributed by atoms with Gasteiger partial charge in [0, 0.05) is 38.3 Å². The number of hydrogen-bond acceptors (Lipinski definition) is 16. The summed E-state index contributed by atoms with van der Waals surface area (Å²) >= 11 is 0. The van der Waals surface area contributed by atoms with Crippen molar-refractivity contribution in [3.63, 3.8) is 0 Å². The number of aliphatic hydroxyl groups is 4. The molecule has 250 valence electrons. The number of hydrogen-bond donors (Lipinski definition) is 12. The number of halogens is 1. The second kappa shape index (κ2) is 15.4. The third kappa shape index (κ3) is 8.15. The molecule has 17 N–H and O–H groups in total. The topological polar surface area (TPSA) is 301 Å². The minimum atomic E-state index is -2.03. The Morgan fingerprint density at radius 1 is 0.977 bits per heavy atom. The Hall–Kier alpha value is -1.20. The molecule has 0 radical (unpaired) electrons. The number of alkyl halides is 1. The summed E-state index contributed by atoms with van der Waals surface area (Å²) in [7, 11) is 0. The van der Waals surface area contributed by atoms with Crippen molar-refractivity contribution in [2.24, 2.45) is 28.7 Å². The highest BCUT2D eigenvalue weighted by atomic mass is 19.1. The van der Waals surface area contributed by atoms with Crippen LogP contribution in [0.2, 0.25) is 0 Å². The maximum Gasteiger partial charge on any atom is 0.249 e. The molecule has 0 aromatic rings. The van der Waals surface area contributed by atoms with E-state index in [4.69, 9.17) is 47.6 Å². The van der Waals surface area contributed by atoms with Crippen molar-refractivity contribution < 1.29 is 48.6 Å². The van der Waals surface area contributed by atoms with Gasteiger partial charge in [0.1, 0.15) is 30.5 Å². The van der Waals surface area contributed by atoms with E-state index in [1.807, 2.05) is 0 Å². The average molecular weight is 625 g/mol. The molecule has 18 heteroatoms. The Morgan fingerprint density at radius 3 is 2.28 bits per heavy atom. The average Bonchev–Trinajstić information content (AvgIpc) is 2.94. The highest BCUT2D eigenvalue weighted by molar-refractivity contribution is 5.80. The second-order valence-corrected chi connectivity index (χ2v) is 11.9. The fraction of sp³-hybridized carbons (Fsp3) is 0.960. The summed E-state index contributed by atoms with van der Waals surface area (Å²) in [5, 5.41) is 50.7. The van der Waals surface area contributed by atoms with Gasteiger partial charge < -0.3 is 84.0 Å². The van der Waals surface area contributed by atoms with Crippen LogP contribution in [0.3, 0.4) is 0 Å². The molecule has 4 aliphatic rings. The SMILES string of the molecule is NCC[C@H](O)C(=O)N[C@@H]1C[C@H](N)[C@@H](O[C@H]2O[C@H](CN)[C@@H](O)C[C@H]2N)[C@H](F)[C@H]1O[C@H]1O[C@H](CNC2CNC2)[C@@H](O)[C@H](N)[C@H]1O. The molecule has 1 aliphatic carbocycles. The summed E-state index contributed by atoms with van der Waals surface area (Å²) in [6.45, 7) is 1.67. The molecule has 17 nitrogen and oxygen atoms in total. The zero-order valence-electron chi connectivity index (χ0n) is 24.0. The van der Waals surface area contributed by atoms with Crippen LogP contribution in [0.25, 0.3) is 0 Å². The van der Waals surface area contributed by atoms with Crippen LogP contribution < -0.4 is 44.6 Å². The van der Waals surface area contributed by atoms with Crippen molar-refractivity contribution in [3.8, 4) is 0 Å². The molecule has 43 heavy (non-hydrogen) atoms. The van der Waals surface area contributed by atoms with E-state index in [1.54, 1.807) is 0 Å². The molecule has 3 heterocycles. The molecule has 0 unspecified atom stereocenters. The van der Waals surface area contributed by atoms with E-state index in [9.17, 15) is 25.2 Å². The van der Waals surface area contributed by atoms with Crippen LogP contribution in [0.5, 0.6) is 0 Å². The monoisotopic (exact) mass is 624 g/mol. The quantitative estimate of drug-likeness (QED) is 0.0960. The van der Waals surface area contributed by atoms with Gasteiger partial charge >= 0.3 is 0 Å². The zero-order valence-corrected chi connectivity index (χ0v) is 24.0. The predicted octanol–water partition coefficient (Wildman–Crippen LogP) is -6.88. The summed E-state index contributed by atoms with van der Waals surface area (Å²) in [6.07, 6.45) is -14.4. The van der Waals surface area contributed by atoms with E-state index < -0.39 is 97.7 Å². The Bertz CT molecular complexity index is 900. The van der Waals surface area contributed by atoms with E-state index in [-0.39, 0.29) is 44.9 Å². The van der Waals surface area contributed by atoms with Gasteiger partial charge in [-0.15, -0.1) is 0 Å². The van der Waals surface area contributed by atoms with Crippen molar-refractivity contribution in [2.75, 3.05) is 32.7 Å². The van der Waals surface area contributed by atoms with E-state index in [0.717, 1.165) is 13.1 Å². The number of rotatable bonds is 12. The van der Waals surface area contributed by atoms with Crippen LogP contribution in [0.4, 0.5) is 4.39 Å². The number of aliphatic hydroxyl groups excluding tert-OH is 4. The largest absolute Gasteiger partial charge is 0.390 e. The molecule has 4 rings (SSSR count). The lowest BCUT2D eigenvalue weighted by Gasteiger charge is -2.48. The lowest BCUT2D eigenvalue weighted by Crippen LogP contribution is -2.69. The van der Waals surface area contributed by atoms with Crippen molar-refractivity contribution in [3.05, 3.63) is 0 Å². The van der Waals surface area contributed by atoms with Crippen LogP contribution in [0.1, 0.15) is 19.3 Å². The van der Waals surface area contributed by atoms with E-state index in [0.29, 0.717) is 0 Å². The molecule has 3 aliphatic heterocycles. The van der Waals surface area contributed by atoms with Gasteiger partial charge in [-0.2, -0.15) is 0 Å². The van der Waals surface area contributed by atoms with Gasteiger partial charge in [0.05, 0.1) is 36.4 Å². The molecule has 0 aromatic carbocycles. The molecular formula is C25H49FN8O9. The van der Waals surface area contributed by atoms with Crippen molar-refractivity contribution >= 4 is 5.91 Å². The van der Waals surface area contributed by atoms with Crippen LogP contribution in [0, 0.1) is 0 Å². The van der Waals surface area contributed by atoms with Crippen LogP contribution >= 0.6 is 0 Å². The van der Waals surface area contributed by atoms with E-state index in [2.05, 4.69) is 16.0 Å². The fourth-order valence-electron chi connectivity index (χ4n) is 5.78. The number of nitrogens with two attached hydrogens (primary N) is 5. The third-order valence-corrected chi connectivity index (χ3v) is 8.61. The first-order valence-electron chi connectivity index (χ1n) is 14.8. The molecule has 4 fully saturated rings. The maximum absolute atomic E-state index is 16.4. The Kier molecular flexibility index (Phi) is 12.4. The summed E-state index contributed by atoms with van der Waals surface area (Å²) in [4.78, 5) is 12.7. The first-order valence-corrected chi connectivity index (χ1v) is 14.8. The van der Waals surface area contributed by atoms with Gasteiger partial charge in [0.25, 0.3) is 0 Å². The summed E-state index contributed by atoms with van der Waals surface area (Å²) in [5.74, 6) is -0.811. The number of carbonyl (C=O) groups excluding carboxylic acids is 1. The van der Waals surface area contributed by atoms with Crippen LogP contribution in [-0.2, 0) is 23.7 Å². The van der Waals surface area contributed by atoms with Gasteiger partial charge in [0.2, 0.25) is 5.91 Å². The summed E-state index contributed by atoms with van der Waals surface area (Å²) in [5.41, 5.74) is 29.7. The van der Waals surface area contributed by atoms with Gasteiger partial charge in [-0.1, -0.05) is 0 Å². The number of nitrogens with one attached hydrogen (secondary N) is 3. The molecule has 0 aromatic heterocycles. The number of amides is 1. The standard InChI is InChI=1S/C25H49FN8O9/c26-17-21(42-24-11(30)4-14(36)15(5-28)40-24)10(29)3-12(34-23(39)13(35)1-2-27)22(17)43-25-20(38)18(31)19(37)16(41-25)8-33-9-6-32-7-9/h9-22,24-25,32-33,35-38H,1-8,27-31H2,(H,34,39)/t10-,11+,12+,13-,14-,15+,16+,17-,18-,19+,20+,21+,22-,24+,25+/m0/s1. The highest BCUT2D eigenvalue weighted by Gasteiger charge is 2.52. The van der Waals surface area contributed by atoms with Gasteiger partial charge in [-0.3, -0.25) is 4.79 Å². The predicted molar refractivity (Wildman–Crippen MR) is 148 cm³/mol. The Balaban J connectivity index is 1.52. The van der Waals surface area contributed by atoms with Crippen molar-refractivity contribution in [1.29, 1.82) is 0 Å². The van der Waals surface area contributed by atoms with E-state index in [1.165, 1.54) is 0 Å². The van der Waals surface area contributed by atoms with Gasteiger partial charge in [-0.05, 0) is 25.8 Å². The van der Waals surface area contributed by atoms with Crippen molar-refractivity contribution in [1.82, 2.24) is 16.0 Å². The smallest absolute Gasteiger partial charge is 0.249 e. The molecule has 0 spiro atoms. The molecular weight excluding hydrogens is 575 g/mol. The molecule has 3 saturated heterocycles. The lowest BCUT2D eigenvalue weighted by atomic mass is 9.84. The maximum atomic E-state index is 16.4. The third-order valence-electron chi connectivity index (χ3n) is 8.61. The van der Waals surface area contributed by atoms with Gasteiger partial charge in [-0.25, -0.2) is 4.39 Å². The Morgan fingerprint density at radius 2 is 1.65 bits per heavy atom. The molecule has 1 amide bonds. The minimum Gasteiger partial charge on any atom is -0.390 e. The second-order valence-electron chi connectivity index (χ2n) is 11.9. The minimum absolute atomic E-state index is 0.0230. The first-order chi connectivity index (χ1) is 20.4. The van der Waals surface area contributed by atoms with Crippen molar-refractivity contribution in [2.45, 2.75) is 117 Å². The zero-order chi connectivity index (χ0) is 31.4. The normalized spacial score (nSPS) is 44.9. The molecule has 0 bridgehead atoms. The molecule has 1 saturated carbocycles. The number of carbonyl (C=O) groups is 1. The fourth-order valence-corrected chi connectivity index (χ4v) is 5.78. The van der Waals surface area contributed by atoms with Crippen LogP contribution in [0.15, 0.2) is 0 Å². The van der Waals surface area contributed by atoms with Crippen LogP contribution in [-0.4, -0.2) is 157 Å². The molecule has 15 atom stereocenters. The van der Waals surface area contributed by atoms with Gasteiger partial charge in [0.15, 0.2) is 18.8 Å². The first kappa shape index (κ1) is 34.7. The lowest BCUT2D eigenvalue weighted by molar-refractivity contribution is -0.307. The van der Waals surface area contributed by atoms with E-state index >= 15 is 4.39 Å². The number of ether oxygens (including phenoxy) is 4. The highest BCUT2D eigenvalue weighted by Crippen LogP contribution is 2.33. The summed E-state index contributed by atoms with van der Waals surface area (Å²) < 4.78 is 39.9. The summed E-state index contributed by atoms with van der Waals surface area (Å²) in [6, 6.07) is -3.93. The Labute approximate surface area is 249 Å².